The quantitative estimate of drug-likeness (QED) is 0.535. The smallest absolute Gasteiger partial charge is 0.417 e. The second kappa shape index (κ2) is 5.47. The van der Waals surface area contributed by atoms with Gasteiger partial charge in [-0.05, 0) is 29.0 Å². The van der Waals surface area contributed by atoms with Crippen LogP contribution in [0.3, 0.4) is 0 Å². The van der Waals surface area contributed by atoms with E-state index in [4.69, 9.17) is 4.74 Å². The van der Waals surface area contributed by atoms with E-state index in [1.165, 1.54) is 17.6 Å². The predicted molar refractivity (Wildman–Crippen MR) is 87.5 cm³/mol. The van der Waals surface area contributed by atoms with Crippen molar-refractivity contribution in [1.82, 2.24) is 14.6 Å². The first-order valence-corrected chi connectivity index (χ1v) is 7.47. The van der Waals surface area contributed by atoms with Crippen LogP contribution in [0.2, 0.25) is 0 Å². The Morgan fingerprint density at radius 1 is 0.960 bits per heavy atom. The molecule has 0 atom stereocenters. The number of aromatic nitrogens is 3. The van der Waals surface area contributed by atoms with Gasteiger partial charge in [0.1, 0.15) is 5.75 Å². The van der Waals surface area contributed by atoms with Gasteiger partial charge in [0.05, 0.1) is 18.2 Å². The number of rotatable bonds is 2. The average molecular weight is 343 g/mol. The molecule has 126 valence electrons. The molecule has 0 fully saturated rings. The summed E-state index contributed by atoms with van der Waals surface area (Å²) in [6, 6.07) is 13.5. The second-order valence-electron chi connectivity index (χ2n) is 5.53. The minimum Gasteiger partial charge on any atom is -0.496 e. The van der Waals surface area contributed by atoms with E-state index >= 15 is 0 Å². The molecular weight excluding hydrogens is 331 g/mol. The number of methoxy groups -OCH3 is 1. The van der Waals surface area contributed by atoms with Gasteiger partial charge in [0.2, 0.25) is 0 Å². The van der Waals surface area contributed by atoms with Gasteiger partial charge in [-0.2, -0.15) is 13.2 Å². The monoisotopic (exact) mass is 343 g/mol. The van der Waals surface area contributed by atoms with Gasteiger partial charge in [-0.1, -0.05) is 30.3 Å². The fourth-order valence-corrected chi connectivity index (χ4v) is 2.88. The summed E-state index contributed by atoms with van der Waals surface area (Å²) in [5.74, 6) is 0.820. The van der Waals surface area contributed by atoms with E-state index in [1.54, 1.807) is 6.07 Å². The molecule has 4 aromatic rings. The van der Waals surface area contributed by atoms with E-state index in [1.807, 2.05) is 30.3 Å². The van der Waals surface area contributed by atoms with Gasteiger partial charge in [0, 0.05) is 6.20 Å². The third-order valence-electron chi connectivity index (χ3n) is 4.06. The summed E-state index contributed by atoms with van der Waals surface area (Å²) >= 11 is 0. The van der Waals surface area contributed by atoms with Gasteiger partial charge in [-0.3, -0.25) is 4.40 Å². The highest BCUT2D eigenvalue weighted by molar-refractivity contribution is 5.98. The summed E-state index contributed by atoms with van der Waals surface area (Å²) in [6.07, 6.45) is -3.44. The highest BCUT2D eigenvalue weighted by Crippen LogP contribution is 2.37. The minimum atomic E-state index is -4.45. The average Bonchev–Trinajstić information content (AvgIpc) is 3.02. The van der Waals surface area contributed by atoms with Crippen molar-refractivity contribution in [1.29, 1.82) is 0 Å². The molecule has 2 aromatic carbocycles. The minimum absolute atomic E-state index is 0.301. The van der Waals surface area contributed by atoms with Crippen LogP contribution in [-0.4, -0.2) is 21.7 Å². The molecule has 0 amide bonds. The molecule has 4 rings (SSSR count). The Labute approximate surface area is 140 Å². The van der Waals surface area contributed by atoms with E-state index in [9.17, 15) is 13.2 Å². The number of pyridine rings is 1. The molecule has 0 aliphatic heterocycles. The molecular formula is C18H12F3N3O. The summed E-state index contributed by atoms with van der Waals surface area (Å²) in [5.41, 5.74) is 0.172. The zero-order valence-electron chi connectivity index (χ0n) is 13.1. The van der Waals surface area contributed by atoms with Crippen molar-refractivity contribution >= 4 is 16.4 Å². The molecule has 4 nitrogen and oxygen atoms in total. The van der Waals surface area contributed by atoms with Gasteiger partial charge in [-0.25, -0.2) is 0 Å². The first-order chi connectivity index (χ1) is 12.0. The van der Waals surface area contributed by atoms with Crippen molar-refractivity contribution in [3.63, 3.8) is 0 Å². The number of hydrogen-bond donors (Lipinski definition) is 0. The van der Waals surface area contributed by atoms with Crippen molar-refractivity contribution < 1.29 is 17.9 Å². The van der Waals surface area contributed by atoms with Gasteiger partial charge in [0.25, 0.3) is 0 Å². The molecule has 0 N–H and O–H groups in total. The number of halogens is 3. The summed E-state index contributed by atoms with van der Waals surface area (Å²) in [6.45, 7) is 0. The lowest BCUT2D eigenvalue weighted by atomic mass is 10.0. The lowest BCUT2D eigenvalue weighted by molar-refractivity contribution is -0.137. The molecule has 0 spiro atoms. The van der Waals surface area contributed by atoms with Crippen LogP contribution in [0.5, 0.6) is 5.75 Å². The Morgan fingerprint density at radius 2 is 1.76 bits per heavy atom. The number of hydrogen-bond acceptors (Lipinski definition) is 3. The predicted octanol–water partition coefficient (Wildman–Crippen LogP) is 4.58. The van der Waals surface area contributed by atoms with Crippen LogP contribution in [0.4, 0.5) is 13.2 Å². The maximum atomic E-state index is 13.1. The zero-order valence-corrected chi connectivity index (χ0v) is 13.1. The topological polar surface area (TPSA) is 39.4 Å². The summed E-state index contributed by atoms with van der Waals surface area (Å²) in [4.78, 5) is 0. The summed E-state index contributed by atoms with van der Waals surface area (Å²) in [7, 11) is 1.51. The third kappa shape index (κ3) is 2.48. The van der Waals surface area contributed by atoms with E-state index in [-0.39, 0.29) is 0 Å². The number of nitrogens with zero attached hydrogens (tertiary/aromatic N) is 3. The van der Waals surface area contributed by atoms with Crippen molar-refractivity contribution in [2.45, 2.75) is 6.18 Å². The van der Waals surface area contributed by atoms with Crippen LogP contribution in [0.1, 0.15) is 5.56 Å². The van der Waals surface area contributed by atoms with Gasteiger partial charge in [-0.15, -0.1) is 10.2 Å². The molecule has 0 unspecified atom stereocenters. The fraction of sp³-hybridized carbons (Fsp3) is 0.111. The van der Waals surface area contributed by atoms with Crippen molar-refractivity contribution in [2.24, 2.45) is 0 Å². The Morgan fingerprint density at radius 3 is 2.52 bits per heavy atom. The standard InChI is InChI=1S/C18H12F3N3O/c1-25-14-8-6-11-4-2-3-5-13(11)16(14)17-23-22-15-9-7-12(10-24(15)17)18(19,20)21/h2-10H,1H3. The molecule has 0 saturated heterocycles. The summed E-state index contributed by atoms with van der Waals surface area (Å²) in [5, 5.41) is 9.86. The Bertz CT molecular complexity index is 1090. The second-order valence-corrected chi connectivity index (χ2v) is 5.53. The van der Waals surface area contributed by atoms with Gasteiger partial charge < -0.3 is 4.74 Å². The van der Waals surface area contributed by atoms with E-state index < -0.39 is 11.7 Å². The molecule has 2 heterocycles. The lowest BCUT2D eigenvalue weighted by Gasteiger charge is -2.12. The normalized spacial score (nSPS) is 12.0. The summed E-state index contributed by atoms with van der Waals surface area (Å²) < 4.78 is 46.0. The van der Waals surface area contributed by atoms with Crippen LogP contribution in [0, 0.1) is 0 Å². The number of benzene rings is 2. The lowest BCUT2D eigenvalue weighted by Crippen LogP contribution is -2.06. The van der Waals surface area contributed by atoms with Crippen molar-refractivity contribution in [3.8, 4) is 17.1 Å². The first-order valence-electron chi connectivity index (χ1n) is 7.47. The van der Waals surface area contributed by atoms with Gasteiger partial charge >= 0.3 is 6.18 Å². The van der Waals surface area contributed by atoms with Crippen LogP contribution in [0.25, 0.3) is 27.8 Å². The van der Waals surface area contributed by atoms with E-state index in [2.05, 4.69) is 10.2 Å². The molecule has 2 aromatic heterocycles. The molecule has 0 radical (unpaired) electrons. The fourth-order valence-electron chi connectivity index (χ4n) is 2.88. The molecule has 25 heavy (non-hydrogen) atoms. The van der Waals surface area contributed by atoms with E-state index in [0.29, 0.717) is 22.8 Å². The van der Waals surface area contributed by atoms with Crippen LogP contribution in [-0.2, 0) is 6.18 Å². The number of fused-ring (bicyclic) bond motifs is 2. The Balaban J connectivity index is 2.06. The van der Waals surface area contributed by atoms with Crippen LogP contribution in [0.15, 0.2) is 54.7 Å². The van der Waals surface area contributed by atoms with Gasteiger partial charge in [0.15, 0.2) is 11.5 Å². The largest absolute Gasteiger partial charge is 0.496 e. The van der Waals surface area contributed by atoms with Crippen LogP contribution >= 0.6 is 0 Å². The third-order valence-corrected chi connectivity index (χ3v) is 4.06. The molecule has 0 aliphatic rings. The first kappa shape index (κ1) is 15.4. The number of alkyl halides is 3. The molecule has 0 aliphatic carbocycles. The molecule has 0 saturated carbocycles. The van der Waals surface area contributed by atoms with Crippen LogP contribution < -0.4 is 4.74 Å². The highest BCUT2D eigenvalue weighted by atomic mass is 19.4. The maximum absolute atomic E-state index is 13.1. The molecule has 0 bridgehead atoms. The van der Waals surface area contributed by atoms with E-state index in [0.717, 1.165) is 23.0 Å². The SMILES string of the molecule is COc1ccc2ccccc2c1-c1nnc2ccc(C(F)(F)F)cn12. The maximum Gasteiger partial charge on any atom is 0.417 e. The van der Waals surface area contributed by atoms with Crippen molar-refractivity contribution in [2.75, 3.05) is 7.11 Å². The zero-order chi connectivity index (χ0) is 17.6. The molecule has 7 heteroatoms. The van der Waals surface area contributed by atoms with Crippen molar-refractivity contribution in [3.05, 3.63) is 60.3 Å². The highest BCUT2D eigenvalue weighted by Gasteiger charge is 2.31. The Kier molecular flexibility index (Phi) is 3.38. The Hall–Kier alpha value is -3.09. The number of ether oxygens (including phenoxy) is 1.